The molecule has 0 aromatic heterocycles. The zero-order valence-electron chi connectivity index (χ0n) is 17.6. The molecule has 2 N–H and O–H groups in total. The lowest BCUT2D eigenvalue weighted by molar-refractivity contribution is 0.0460. The second-order valence-corrected chi connectivity index (χ2v) is 7.94. The molecule has 2 aromatic rings. The van der Waals surface area contributed by atoms with Gasteiger partial charge in [0.15, 0.2) is 0 Å². The predicted octanol–water partition coefficient (Wildman–Crippen LogP) is 4.60. The Kier molecular flexibility index (Phi) is 6.33. The van der Waals surface area contributed by atoms with E-state index in [4.69, 9.17) is 4.74 Å². The fourth-order valence-electron chi connectivity index (χ4n) is 2.91. The van der Waals surface area contributed by atoms with Crippen LogP contribution in [0.3, 0.4) is 0 Å². The van der Waals surface area contributed by atoms with Gasteiger partial charge in [-0.05, 0) is 65.3 Å². The van der Waals surface area contributed by atoms with Gasteiger partial charge in [0.1, 0.15) is 5.75 Å². The molecule has 0 bridgehead atoms. The number of carbonyl (C=O) groups is 2. The van der Waals surface area contributed by atoms with Crippen LogP contribution in [-0.2, 0) is 0 Å². The standard InChI is InChI=1S/C22H29N3O3/c1-14-10-15(2)12-17(11-14)20(26)25(22(4,5)6)24-21(27)23-18-9-8-16(3)19(13-18)28-7/h8-13H,1-7H3,(H2,23,24,27). The van der Waals surface area contributed by atoms with Crippen molar-refractivity contribution in [3.63, 3.8) is 0 Å². The van der Waals surface area contributed by atoms with Gasteiger partial charge in [-0.2, -0.15) is 0 Å². The number of rotatable bonds is 3. The topological polar surface area (TPSA) is 70.7 Å². The zero-order valence-corrected chi connectivity index (χ0v) is 17.6. The van der Waals surface area contributed by atoms with E-state index in [0.29, 0.717) is 17.0 Å². The third-order valence-corrected chi connectivity index (χ3v) is 4.22. The summed E-state index contributed by atoms with van der Waals surface area (Å²) < 4.78 is 5.28. The molecule has 0 radical (unpaired) electrons. The van der Waals surface area contributed by atoms with E-state index in [9.17, 15) is 9.59 Å². The Morgan fingerprint density at radius 3 is 2.11 bits per heavy atom. The second kappa shape index (κ2) is 8.33. The number of urea groups is 1. The number of anilines is 1. The van der Waals surface area contributed by atoms with E-state index < -0.39 is 11.6 Å². The number of amides is 3. The number of nitrogens with one attached hydrogen (secondary N) is 2. The van der Waals surface area contributed by atoms with Crippen molar-refractivity contribution in [2.45, 2.75) is 47.1 Å². The first-order chi connectivity index (χ1) is 13.0. The highest BCUT2D eigenvalue weighted by Gasteiger charge is 2.29. The Morgan fingerprint density at radius 1 is 0.964 bits per heavy atom. The molecule has 0 heterocycles. The van der Waals surface area contributed by atoms with E-state index in [2.05, 4.69) is 10.7 Å². The lowest BCUT2D eigenvalue weighted by Gasteiger charge is -2.35. The summed E-state index contributed by atoms with van der Waals surface area (Å²) >= 11 is 0. The highest BCUT2D eigenvalue weighted by molar-refractivity contribution is 5.98. The lowest BCUT2D eigenvalue weighted by atomic mass is 10.0. The molecule has 0 fully saturated rings. The van der Waals surface area contributed by atoms with Crippen LogP contribution < -0.4 is 15.5 Å². The molecule has 150 valence electrons. The summed E-state index contributed by atoms with van der Waals surface area (Å²) in [5.41, 5.74) is 6.14. The largest absolute Gasteiger partial charge is 0.496 e. The first-order valence-electron chi connectivity index (χ1n) is 9.16. The highest BCUT2D eigenvalue weighted by atomic mass is 16.5. The van der Waals surface area contributed by atoms with E-state index in [-0.39, 0.29) is 5.91 Å². The minimum atomic E-state index is -0.614. The summed E-state index contributed by atoms with van der Waals surface area (Å²) in [6.45, 7) is 11.4. The van der Waals surface area contributed by atoms with Gasteiger partial charge in [0.25, 0.3) is 5.91 Å². The van der Waals surface area contributed by atoms with Crippen LogP contribution in [0.25, 0.3) is 0 Å². The minimum Gasteiger partial charge on any atom is -0.496 e. The van der Waals surface area contributed by atoms with Gasteiger partial charge >= 0.3 is 6.03 Å². The van der Waals surface area contributed by atoms with Crippen LogP contribution in [0, 0.1) is 20.8 Å². The Hall–Kier alpha value is -3.02. The number of nitrogens with zero attached hydrogens (tertiary/aromatic N) is 1. The van der Waals surface area contributed by atoms with Gasteiger partial charge in [-0.3, -0.25) is 4.79 Å². The summed E-state index contributed by atoms with van der Waals surface area (Å²) in [5.74, 6) is 0.410. The summed E-state index contributed by atoms with van der Waals surface area (Å²) in [4.78, 5) is 25.7. The number of aryl methyl sites for hydroxylation is 3. The first kappa shape index (κ1) is 21.3. The number of carbonyl (C=O) groups excluding carboxylic acids is 2. The smallest absolute Gasteiger partial charge is 0.338 e. The molecule has 6 nitrogen and oxygen atoms in total. The van der Waals surface area contributed by atoms with Gasteiger partial charge in [-0.15, -0.1) is 0 Å². The summed E-state index contributed by atoms with van der Waals surface area (Å²) in [7, 11) is 1.58. The van der Waals surface area contributed by atoms with Crippen molar-refractivity contribution < 1.29 is 14.3 Å². The predicted molar refractivity (Wildman–Crippen MR) is 112 cm³/mol. The quantitative estimate of drug-likeness (QED) is 0.761. The Morgan fingerprint density at radius 2 is 1.57 bits per heavy atom. The average molecular weight is 383 g/mol. The van der Waals surface area contributed by atoms with Crippen molar-refractivity contribution in [2.24, 2.45) is 0 Å². The molecule has 0 spiro atoms. The molecule has 0 unspecified atom stereocenters. The van der Waals surface area contributed by atoms with Crippen LogP contribution in [-0.4, -0.2) is 29.6 Å². The van der Waals surface area contributed by atoms with Gasteiger partial charge < -0.3 is 10.1 Å². The van der Waals surface area contributed by atoms with Gasteiger partial charge in [-0.25, -0.2) is 15.2 Å². The fourth-order valence-corrected chi connectivity index (χ4v) is 2.91. The van der Waals surface area contributed by atoms with Crippen LogP contribution in [0.15, 0.2) is 36.4 Å². The van der Waals surface area contributed by atoms with Crippen LogP contribution in [0.1, 0.15) is 47.8 Å². The maximum Gasteiger partial charge on any atom is 0.338 e. The van der Waals surface area contributed by atoms with Gasteiger partial charge in [0.05, 0.1) is 12.6 Å². The molecule has 0 saturated heterocycles. The number of hydrogen-bond donors (Lipinski definition) is 2. The number of ether oxygens (including phenoxy) is 1. The normalized spacial score (nSPS) is 11.0. The number of benzene rings is 2. The van der Waals surface area contributed by atoms with Crippen LogP contribution >= 0.6 is 0 Å². The van der Waals surface area contributed by atoms with E-state index in [1.807, 2.05) is 65.8 Å². The number of methoxy groups -OCH3 is 1. The van der Waals surface area contributed by atoms with E-state index >= 15 is 0 Å². The molecule has 2 aromatic carbocycles. The zero-order chi connectivity index (χ0) is 21.1. The molecule has 3 amide bonds. The van der Waals surface area contributed by atoms with Crippen molar-refractivity contribution in [3.05, 3.63) is 58.7 Å². The summed E-state index contributed by atoms with van der Waals surface area (Å²) in [5, 5.41) is 4.10. The molecule has 0 saturated carbocycles. The van der Waals surface area contributed by atoms with Crippen LogP contribution in [0.4, 0.5) is 10.5 Å². The Labute approximate surface area is 166 Å². The maximum atomic E-state index is 13.1. The summed E-state index contributed by atoms with van der Waals surface area (Å²) in [6.07, 6.45) is 0. The average Bonchev–Trinajstić information content (AvgIpc) is 2.59. The van der Waals surface area contributed by atoms with E-state index in [1.165, 1.54) is 5.01 Å². The molecule has 0 atom stereocenters. The van der Waals surface area contributed by atoms with E-state index in [1.54, 1.807) is 19.2 Å². The SMILES string of the molecule is COc1cc(NC(=O)NN(C(=O)c2cc(C)cc(C)c2)C(C)(C)C)ccc1C. The molecule has 0 aliphatic rings. The molecular weight excluding hydrogens is 354 g/mol. The molecule has 0 aliphatic carbocycles. The van der Waals surface area contributed by atoms with Crippen LogP contribution in [0.2, 0.25) is 0 Å². The minimum absolute atomic E-state index is 0.268. The number of hydrazine groups is 1. The van der Waals surface area contributed by atoms with E-state index in [0.717, 1.165) is 16.7 Å². The van der Waals surface area contributed by atoms with Crippen LogP contribution in [0.5, 0.6) is 5.75 Å². The Bertz CT molecular complexity index is 865. The fraction of sp³-hybridized carbons (Fsp3) is 0.364. The molecule has 6 heteroatoms. The first-order valence-corrected chi connectivity index (χ1v) is 9.16. The Balaban J connectivity index is 2.22. The molecule has 0 aliphatic heterocycles. The summed E-state index contributed by atoms with van der Waals surface area (Å²) in [6, 6.07) is 10.5. The van der Waals surface area contributed by atoms with Crippen molar-refractivity contribution in [1.29, 1.82) is 0 Å². The monoisotopic (exact) mass is 383 g/mol. The van der Waals surface area contributed by atoms with Crippen molar-refractivity contribution >= 4 is 17.6 Å². The van der Waals surface area contributed by atoms with Crippen molar-refractivity contribution in [2.75, 3.05) is 12.4 Å². The van der Waals surface area contributed by atoms with Gasteiger partial charge in [0, 0.05) is 17.3 Å². The molecule has 28 heavy (non-hydrogen) atoms. The highest BCUT2D eigenvalue weighted by Crippen LogP contribution is 2.22. The van der Waals surface area contributed by atoms with Crippen molar-refractivity contribution in [3.8, 4) is 5.75 Å². The third kappa shape index (κ3) is 5.25. The second-order valence-electron chi connectivity index (χ2n) is 7.94. The van der Waals surface area contributed by atoms with Gasteiger partial charge in [0.2, 0.25) is 0 Å². The molecular formula is C22H29N3O3. The maximum absolute atomic E-state index is 13.1. The molecule has 2 rings (SSSR count). The van der Waals surface area contributed by atoms with Crippen molar-refractivity contribution in [1.82, 2.24) is 10.4 Å². The lowest BCUT2D eigenvalue weighted by Crippen LogP contribution is -2.56. The number of hydrogen-bond acceptors (Lipinski definition) is 3. The van der Waals surface area contributed by atoms with Gasteiger partial charge in [-0.1, -0.05) is 23.3 Å². The third-order valence-electron chi connectivity index (χ3n) is 4.22.